The van der Waals surface area contributed by atoms with E-state index in [2.05, 4.69) is 276 Å². The first kappa shape index (κ1) is 40.5. The van der Waals surface area contributed by atoms with E-state index in [9.17, 15) is 0 Å². The fraction of sp³-hybridized carbons (Fsp3) is 0. The van der Waals surface area contributed by atoms with E-state index in [1.807, 2.05) is 11.3 Å². The zero-order chi connectivity index (χ0) is 45.7. The molecule has 0 N–H and O–H groups in total. The van der Waals surface area contributed by atoms with Gasteiger partial charge in [-0.3, -0.25) is 0 Å². The van der Waals surface area contributed by atoms with Crippen molar-refractivity contribution in [3.05, 3.63) is 267 Å². The number of nitrogens with zero attached hydrogens (tertiary/aromatic N) is 2. The quantitative estimate of drug-likeness (QED) is 0.140. The lowest BCUT2D eigenvalue weighted by molar-refractivity contribution is 1.18. The second-order valence-corrected chi connectivity index (χ2v) is 18.7. The highest BCUT2D eigenvalue weighted by molar-refractivity contribution is 7.26. The summed E-state index contributed by atoms with van der Waals surface area (Å²) in [6.45, 7) is 0. The second kappa shape index (κ2) is 17.2. The maximum absolute atomic E-state index is 2.45. The van der Waals surface area contributed by atoms with Crippen LogP contribution in [0.2, 0.25) is 0 Å². The Hall–Kier alpha value is -8.76. The SMILES string of the molecule is c1ccc(-c2ccc(-c3ccc(N(c4ccc(-c5ccccc5)cc4)c4ccc(-c5ccccc5-n5c6ccccc6c6ccccc65)c(-c5cccc6c5sc5ccccc56)c4)cc3)cc2)cc1. The zero-order valence-corrected chi connectivity index (χ0v) is 38.5. The van der Waals surface area contributed by atoms with Crippen LogP contribution in [0.1, 0.15) is 0 Å². The molecule has 0 spiro atoms. The molecule has 2 nitrogen and oxygen atoms in total. The van der Waals surface area contributed by atoms with Gasteiger partial charge in [-0.1, -0.05) is 206 Å². The summed E-state index contributed by atoms with van der Waals surface area (Å²) in [6.07, 6.45) is 0. The molecule has 0 amide bonds. The lowest BCUT2D eigenvalue weighted by Crippen LogP contribution is -2.10. The van der Waals surface area contributed by atoms with Crippen LogP contribution in [0, 0.1) is 0 Å². The zero-order valence-electron chi connectivity index (χ0n) is 37.7. The molecule has 0 saturated carbocycles. The molecule has 0 radical (unpaired) electrons. The van der Waals surface area contributed by atoms with Gasteiger partial charge in [0.15, 0.2) is 0 Å². The summed E-state index contributed by atoms with van der Waals surface area (Å²) in [7, 11) is 0. The molecule has 13 aromatic rings. The van der Waals surface area contributed by atoms with Gasteiger partial charge < -0.3 is 9.47 Å². The molecule has 0 aliphatic heterocycles. The van der Waals surface area contributed by atoms with Crippen molar-refractivity contribution in [2.24, 2.45) is 0 Å². The van der Waals surface area contributed by atoms with Crippen LogP contribution in [-0.4, -0.2) is 4.57 Å². The summed E-state index contributed by atoms with van der Waals surface area (Å²) < 4.78 is 5.03. The van der Waals surface area contributed by atoms with E-state index in [1.54, 1.807) is 0 Å². The van der Waals surface area contributed by atoms with Crippen LogP contribution in [0.4, 0.5) is 17.1 Å². The summed E-state index contributed by atoms with van der Waals surface area (Å²) in [4.78, 5) is 2.41. The number of aromatic nitrogens is 1. The van der Waals surface area contributed by atoms with Crippen LogP contribution in [0.5, 0.6) is 0 Å². The van der Waals surface area contributed by atoms with Crippen molar-refractivity contribution >= 4 is 70.4 Å². The van der Waals surface area contributed by atoms with E-state index in [1.165, 1.54) is 97.6 Å². The maximum atomic E-state index is 2.45. The molecule has 2 heterocycles. The molecule has 0 aliphatic carbocycles. The largest absolute Gasteiger partial charge is 0.310 e. The average Bonchev–Trinajstić information content (AvgIpc) is 3.98. The third-order valence-corrected chi connectivity index (χ3v) is 14.9. The molecule has 3 heteroatoms. The molecule has 0 unspecified atom stereocenters. The first-order valence-electron chi connectivity index (χ1n) is 23.6. The fourth-order valence-electron chi connectivity index (χ4n) is 10.3. The van der Waals surface area contributed by atoms with Crippen molar-refractivity contribution < 1.29 is 0 Å². The normalized spacial score (nSPS) is 11.5. The van der Waals surface area contributed by atoms with E-state index in [4.69, 9.17) is 0 Å². The van der Waals surface area contributed by atoms with E-state index in [-0.39, 0.29) is 0 Å². The van der Waals surface area contributed by atoms with Crippen LogP contribution in [-0.2, 0) is 0 Å². The van der Waals surface area contributed by atoms with Gasteiger partial charge in [0, 0.05) is 59.1 Å². The van der Waals surface area contributed by atoms with Crippen LogP contribution < -0.4 is 4.90 Å². The number of hydrogen-bond acceptors (Lipinski definition) is 2. The number of thiophene rings is 1. The Morgan fingerprint density at radius 1 is 0.275 bits per heavy atom. The molecule has 324 valence electrons. The monoisotopic (exact) mass is 896 g/mol. The minimum absolute atomic E-state index is 1.08. The Balaban J connectivity index is 1.01. The van der Waals surface area contributed by atoms with Crippen molar-refractivity contribution in [1.29, 1.82) is 0 Å². The highest BCUT2D eigenvalue weighted by Gasteiger charge is 2.22. The minimum atomic E-state index is 1.08. The first-order chi connectivity index (χ1) is 34.2. The lowest BCUT2D eigenvalue weighted by atomic mass is 9.91. The van der Waals surface area contributed by atoms with Crippen LogP contribution in [0.15, 0.2) is 267 Å². The molecule has 0 bridgehead atoms. The number of para-hydroxylation sites is 3. The molecule has 69 heavy (non-hydrogen) atoms. The van der Waals surface area contributed by atoms with Gasteiger partial charge >= 0.3 is 0 Å². The fourth-order valence-corrected chi connectivity index (χ4v) is 11.6. The van der Waals surface area contributed by atoms with Gasteiger partial charge in [-0.2, -0.15) is 0 Å². The molecular formula is C66H44N2S. The maximum Gasteiger partial charge on any atom is 0.0541 e. The van der Waals surface area contributed by atoms with Crippen LogP contribution in [0.3, 0.4) is 0 Å². The topological polar surface area (TPSA) is 8.17 Å². The summed E-state index contributed by atoms with van der Waals surface area (Å²) in [6, 6.07) is 97.4. The predicted molar refractivity (Wildman–Crippen MR) is 296 cm³/mol. The number of hydrogen-bond donors (Lipinski definition) is 0. The Bertz CT molecular complexity index is 3930. The van der Waals surface area contributed by atoms with Crippen molar-refractivity contribution in [3.8, 4) is 61.3 Å². The van der Waals surface area contributed by atoms with Crippen LogP contribution >= 0.6 is 11.3 Å². The van der Waals surface area contributed by atoms with E-state index >= 15 is 0 Å². The number of fused-ring (bicyclic) bond motifs is 6. The van der Waals surface area contributed by atoms with Gasteiger partial charge in [0.1, 0.15) is 0 Å². The van der Waals surface area contributed by atoms with E-state index in [0.29, 0.717) is 0 Å². The van der Waals surface area contributed by atoms with Gasteiger partial charge in [-0.25, -0.2) is 0 Å². The molecule has 11 aromatic carbocycles. The van der Waals surface area contributed by atoms with E-state index < -0.39 is 0 Å². The molecular weight excluding hydrogens is 853 g/mol. The Morgan fingerprint density at radius 2 is 0.710 bits per heavy atom. The van der Waals surface area contributed by atoms with Gasteiger partial charge in [-0.05, 0) is 105 Å². The highest BCUT2D eigenvalue weighted by atomic mass is 32.1. The third kappa shape index (κ3) is 7.20. The summed E-state index contributed by atoms with van der Waals surface area (Å²) in [5.41, 5.74) is 18.7. The summed E-state index contributed by atoms with van der Waals surface area (Å²) >= 11 is 1.88. The first-order valence-corrected chi connectivity index (χ1v) is 24.4. The van der Waals surface area contributed by atoms with Crippen molar-refractivity contribution in [2.45, 2.75) is 0 Å². The minimum Gasteiger partial charge on any atom is -0.310 e. The molecule has 2 aromatic heterocycles. The smallest absolute Gasteiger partial charge is 0.0541 e. The highest BCUT2D eigenvalue weighted by Crippen LogP contribution is 2.47. The Labute approximate surface area is 405 Å². The molecule has 0 atom stereocenters. The third-order valence-electron chi connectivity index (χ3n) is 13.7. The average molecular weight is 897 g/mol. The Kier molecular flexibility index (Phi) is 10.1. The molecule has 13 rings (SSSR count). The second-order valence-electron chi connectivity index (χ2n) is 17.6. The molecule has 0 fully saturated rings. The van der Waals surface area contributed by atoms with Gasteiger partial charge in [0.2, 0.25) is 0 Å². The number of benzene rings is 11. The van der Waals surface area contributed by atoms with Gasteiger partial charge in [-0.15, -0.1) is 11.3 Å². The van der Waals surface area contributed by atoms with Crippen molar-refractivity contribution in [1.82, 2.24) is 4.57 Å². The lowest BCUT2D eigenvalue weighted by Gasteiger charge is -2.27. The number of rotatable bonds is 9. The molecule has 0 aliphatic rings. The Morgan fingerprint density at radius 3 is 1.30 bits per heavy atom. The van der Waals surface area contributed by atoms with Gasteiger partial charge in [0.25, 0.3) is 0 Å². The van der Waals surface area contributed by atoms with Crippen molar-refractivity contribution in [3.63, 3.8) is 0 Å². The number of anilines is 3. The van der Waals surface area contributed by atoms with Crippen LogP contribution in [0.25, 0.3) is 103 Å². The summed E-state index contributed by atoms with van der Waals surface area (Å²) in [5, 5.41) is 5.06. The standard InChI is InChI=1S/C66H44N2S/c1-3-16-45(17-4-1)47-30-32-48(33-31-47)50-36-40-52(41-37-50)67(51-38-34-49(35-39-51)46-18-5-2-6-19-46)53-42-43-54(61(44-53)60-25-15-24-59-58-23-10-14-29-65(58)69-66(59)60)55-20-7-11-26-62(55)68-63-27-12-8-21-56(63)57-22-9-13-28-64(57)68/h1-44H. The summed E-state index contributed by atoms with van der Waals surface area (Å²) in [5.74, 6) is 0. The predicted octanol–water partition coefficient (Wildman–Crippen LogP) is 19.0. The van der Waals surface area contributed by atoms with Gasteiger partial charge in [0.05, 0.1) is 16.7 Å². The molecule has 0 saturated heterocycles. The van der Waals surface area contributed by atoms with E-state index in [0.717, 1.165) is 22.7 Å². The van der Waals surface area contributed by atoms with Crippen molar-refractivity contribution in [2.75, 3.05) is 4.90 Å².